The Morgan fingerprint density at radius 2 is 2.05 bits per heavy atom. The van der Waals surface area contributed by atoms with Gasteiger partial charge in [-0.1, -0.05) is 6.07 Å². The minimum atomic E-state index is 0.0451. The van der Waals surface area contributed by atoms with Crippen LogP contribution in [0.15, 0.2) is 29.2 Å². The summed E-state index contributed by atoms with van der Waals surface area (Å²) in [5.74, 6) is 0.848. The Morgan fingerprint density at radius 1 is 1.29 bits per heavy atom. The van der Waals surface area contributed by atoms with E-state index in [-0.39, 0.29) is 5.56 Å². The summed E-state index contributed by atoms with van der Waals surface area (Å²) in [6.07, 6.45) is 4.36. The van der Waals surface area contributed by atoms with Crippen molar-refractivity contribution in [2.24, 2.45) is 12.5 Å². The molecule has 1 aromatic carbocycles. The van der Waals surface area contributed by atoms with Gasteiger partial charge in [-0.3, -0.25) is 4.79 Å². The molecule has 1 aromatic heterocycles. The number of fused-ring (bicyclic) bond motifs is 1. The molecule has 0 amide bonds. The van der Waals surface area contributed by atoms with E-state index in [1.165, 1.54) is 0 Å². The van der Waals surface area contributed by atoms with E-state index < -0.39 is 0 Å². The van der Waals surface area contributed by atoms with Crippen molar-refractivity contribution < 1.29 is 4.74 Å². The van der Waals surface area contributed by atoms with Gasteiger partial charge in [0.05, 0.1) is 11.5 Å². The van der Waals surface area contributed by atoms with Crippen LogP contribution in [0.25, 0.3) is 10.8 Å². The molecule has 2 aromatic rings. The van der Waals surface area contributed by atoms with Crippen LogP contribution in [0, 0.1) is 12.3 Å². The molecule has 21 heavy (non-hydrogen) atoms. The molecule has 4 heteroatoms. The lowest BCUT2D eigenvalue weighted by Gasteiger charge is -2.53. The molecule has 2 aliphatic rings. The summed E-state index contributed by atoms with van der Waals surface area (Å²) in [6.45, 7) is 4.23. The van der Waals surface area contributed by atoms with Gasteiger partial charge < -0.3 is 14.6 Å². The zero-order valence-corrected chi connectivity index (χ0v) is 12.5. The molecular formula is C17H20N2O2. The third-order valence-electron chi connectivity index (χ3n) is 5.03. The predicted octanol–water partition coefficient (Wildman–Crippen LogP) is 1.98. The standard InChI is InChI=1S/C17H20N2O2/c1-11-3-4-14(13-5-6-19(2)16(20)15(11)13)21-12-7-17(8-12)9-18-10-17/h3-6,12,18H,7-10H2,1-2H3. The quantitative estimate of drug-likeness (QED) is 0.917. The molecule has 0 unspecified atom stereocenters. The molecule has 2 heterocycles. The summed E-state index contributed by atoms with van der Waals surface area (Å²) >= 11 is 0. The average molecular weight is 284 g/mol. The summed E-state index contributed by atoms with van der Waals surface area (Å²) in [5, 5.41) is 5.05. The van der Waals surface area contributed by atoms with Crippen LogP contribution < -0.4 is 15.6 Å². The van der Waals surface area contributed by atoms with Gasteiger partial charge >= 0.3 is 0 Å². The lowest BCUT2D eigenvalue weighted by molar-refractivity contribution is -0.0489. The predicted molar refractivity (Wildman–Crippen MR) is 82.9 cm³/mol. The molecule has 1 spiro atoms. The van der Waals surface area contributed by atoms with Crippen LogP contribution in [0.1, 0.15) is 18.4 Å². The number of hydrogen-bond acceptors (Lipinski definition) is 3. The lowest BCUT2D eigenvalue weighted by atomic mass is 9.63. The van der Waals surface area contributed by atoms with Gasteiger partial charge in [0.25, 0.3) is 5.56 Å². The second-order valence-electron chi connectivity index (χ2n) is 6.65. The Morgan fingerprint density at radius 3 is 2.71 bits per heavy atom. The number of rotatable bonds is 2. The molecule has 0 bridgehead atoms. The number of benzene rings is 1. The molecule has 1 aliphatic carbocycles. The summed E-state index contributed by atoms with van der Waals surface area (Å²) in [6, 6.07) is 5.97. The Hall–Kier alpha value is -1.81. The third-order valence-corrected chi connectivity index (χ3v) is 5.03. The molecule has 1 saturated heterocycles. The number of nitrogens with one attached hydrogen (secondary N) is 1. The molecule has 0 atom stereocenters. The largest absolute Gasteiger partial charge is 0.490 e. The van der Waals surface area contributed by atoms with Crippen LogP contribution in [-0.2, 0) is 7.05 Å². The molecule has 4 nitrogen and oxygen atoms in total. The van der Waals surface area contributed by atoms with Crippen LogP contribution in [0.3, 0.4) is 0 Å². The van der Waals surface area contributed by atoms with Crippen molar-refractivity contribution >= 4 is 10.8 Å². The summed E-state index contributed by atoms with van der Waals surface area (Å²) < 4.78 is 7.79. The van der Waals surface area contributed by atoms with Crippen molar-refractivity contribution in [2.75, 3.05) is 13.1 Å². The van der Waals surface area contributed by atoms with Gasteiger partial charge in [-0.05, 0) is 37.5 Å². The highest BCUT2D eigenvalue weighted by Gasteiger charge is 2.49. The second-order valence-corrected chi connectivity index (χ2v) is 6.65. The average Bonchev–Trinajstić information content (AvgIpc) is 2.37. The monoisotopic (exact) mass is 284 g/mol. The van der Waals surface area contributed by atoms with Gasteiger partial charge in [-0.25, -0.2) is 0 Å². The van der Waals surface area contributed by atoms with Crippen molar-refractivity contribution in [3.63, 3.8) is 0 Å². The van der Waals surface area contributed by atoms with Crippen molar-refractivity contribution in [1.82, 2.24) is 9.88 Å². The molecule has 1 saturated carbocycles. The first-order valence-electron chi connectivity index (χ1n) is 7.54. The van der Waals surface area contributed by atoms with E-state index >= 15 is 0 Å². The van der Waals surface area contributed by atoms with Gasteiger partial charge in [0.2, 0.25) is 0 Å². The van der Waals surface area contributed by atoms with E-state index in [2.05, 4.69) is 5.32 Å². The number of aryl methyl sites for hydroxylation is 2. The summed E-state index contributed by atoms with van der Waals surface area (Å²) in [4.78, 5) is 12.3. The maximum absolute atomic E-state index is 12.3. The van der Waals surface area contributed by atoms with Gasteiger partial charge in [0, 0.05) is 37.1 Å². The van der Waals surface area contributed by atoms with Crippen LogP contribution in [0.4, 0.5) is 0 Å². The highest BCUT2D eigenvalue weighted by molar-refractivity contribution is 5.90. The minimum absolute atomic E-state index is 0.0451. The topological polar surface area (TPSA) is 43.3 Å². The van der Waals surface area contributed by atoms with E-state index in [4.69, 9.17) is 4.74 Å². The fourth-order valence-corrected chi connectivity index (χ4v) is 3.63. The number of aromatic nitrogens is 1. The molecule has 1 N–H and O–H groups in total. The minimum Gasteiger partial charge on any atom is -0.490 e. The van der Waals surface area contributed by atoms with Gasteiger partial charge in [-0.15, -0.1) is 0 Å². The van der Waals surface area contributed by atoms with Crippen LogP contribution in [0.5, 0.6) is 5.75 Å². The first-order chi connectivity index (χ1) is 10.1. The van der Waals surface area contributed by atoms with Crippen molar-refractivity contribution in [3.05, 3.63) is 40.3 Å². The highest BCUT2D eigenvalue weighted by Crippen LogP contribution is 2.46. The number of nitrogens with zero attached hydrogens (tertiary/aromatic N) is 1. The molecule has 2 fully saturated rings. The maximum atomic E-state index is 12.3. The highest BCUT2D eigenvalue weighted by atomic mass is 16.5. The molecule has 0 radical (unpaired) electrons. The number of hydrogen-bond donors (Lipinski definition) is 1. The number of pyridine rings is 1. The van der Waals surface area contributed by atoms with Crippen molar-refractivity contribution in [3.8, 4) is 5.75 Å². The van der Waals surface area contributed by atoms with Gasteiger partial charge in [-0.2, -0.15) is 0 Å². The molecule has 110 valence electrons. The Kier molecular flexibility index (Phi) is 2.67. The van der Waals surface area contributed by atoms with E-state index in [9.17, 15) is 4.79 Å². The van der Waals surface area contributed by atoms with Gasteiger partial charge in [0.15, 0.2) is 0 Å². The SMILES string of the molecule is Cc1ccc(OC2CC3(CNC3)C2)c2ccn(C)c(=O)c12. The van der Waals surface area contributed by atoms with Crippen molar-refractivity contribution in [1.29, 1.82) is 0 Å². The second kappa shape index (κ2) is 4.34. The Balaban J connectivity index is 1.68. The number of ether oxygens (including phenoxy) is 1. The molecular weight excluding hydrogens is 264 g/mol. The molecule has 4 rings (SSSR count). The first kappa shape index (κ1) is 12.9. The smallest absolute Gasteiger partial charge is 0.258 e. The zero-order valence-electron chi connectivity index (χ0n) is 12.5. The lowest BCUT2D eigenvalue weighted by Crippen LogP contribution is -2.62. The molecule has 1 aliphatic heterocycles. The Bertz CT molecular complexity index is 766. The fourth-order valence-electron chi connectivity index (χ4n) is 3.63. The third kappa shape index (κ3) is 1.89. The van der Waals surface area contributed by atoms with Crippen molar-refractivity contribution in [2.45, 2.75) is 25.9 Å². The first-order valence-corrected chi connectivity index (χ1v) is 7.54. The van der Waals surface area contributed by atoms with E-state index in [1.54, 1.807) is 11.6 Å². The zero-order chi connectivity index (χ0) is 14.6. The van der Waals surface area contributed by atoms with Crippen LogP contribution >= 0.6 is 0 Å². The Labute approximate surface area is 123 Å². The van der Waals surface area contributed by atoms with E-state index in [0.717, 1.165) is 48.0 Å². The van der Waals surface area contributed by atoms with E-state index in [0.29, 0.717) is 11.5 Å². The van der Waals surface area contributed by atoms with Crippen LogP contribution in [0.2, 0.25) is 0 Å². The maximum Gasteiger partial charge on any atom is 0.258 e. The van der Waals surface area contributed by atoms with Crippen LogP contribution in [-0.4, -0.2) is 23.8 Å². The summed E-state index contributed by atoms with van der Waals surface area (Å²) in [7, 11) is 1.79. The van der Waals surface area contributed by atoms with Gasteiger partial charge in [0.1, 0.15) is 5.75 Å². The van der Waals surface area contributed by atoms with E-state index in [1.807, 2.05) is 31.3 Å². The summed E-state index contributed by atoms with van der Waals surface area (Å²) in [5.41, 5.74) is 1.55. The fraction of sp³-hybridized carbons (Fsp3) is 0.471. The normalized spacial score (nSPS) is 20.3.